The molecular formula is C13H16FNO4S. The number of carboxylic acids is 1. The number of carboxylic acid groups (broad SMARTS) is 1. The lowest BCUT2D eigenvalue weighted by Gasteiger charge is -2.38. The van der Waals surface area contributed by atoms with Crippen molar-refractivity contribution in [3.8, 4) is 0 Å². The zero-order valence-corrected chi connectivity index (χ0v) is 12.1. The van der Waals surface area contributed by atoms with Crippen LogP contribution in [0.15, 0.2) is 17.0 Å². The minimum absolute atomic E-state index is 0.0496. The second-order valence-corrected chi connectivity index (χ2v) is 6.83. The van der Waals surface area contributed by atoms with E-state index in [1.54, 1.807) is 0 Å². The molecule has 2 rings (SSSR count). The molecule has 20 heavy (non-hydrogen) atoms. The van der Waals surface area contributed by atoms with Crippen molar-refractivity contribution < 1.29 is 22.7 Å². The van der Waals surface area contributed by atoms with Crippen LogP contribution >= 0.6 is 0 Å². The number of rotatable bonds is 4. The summed E-state index contributed by atoms with van der Waals surface area (Å²) in [5.41, 5.74) is -0.906. The Morgan fingerprint density at radius 3 is 2.15 bits per heavy atom. The van der Waals surface area contributed by atoms with Crippen molar-refractivity contribution >= 4 is 16.0 Å². The number of carbonyl (C=O) groups is 1. The minimum Gasteiger partial charge on any atom is -0.480 e. The highest BCUT2D eigenvalue weighted by atomic mass is 32.2. The number of hydrogen-bond donors (Lipinski definition) is 2. The van der Waals surface area contributed by atoms with Gasteiger partial charge in [0, 0.05) is 0 Å². The van der Waals surface area contributed by atoms with Crippen LogP contribution in [0.4, 0.5) is 4.39 Å². The predicted octanol–water partition coefficient (Wildman–Crippen LogP) is 1.73. The van der Waals surface area contributed by atoms with Gasteiger partial charge in [0.15, 0.2) is 0 Å². The molecule has 1 fully saturated rings. The van der Waals surface area contributed by atoms with Gasteiger partial charge in [0.05, 0.1) is 4.90 Å². The second-order valence-electron chi connectivity index (χ2n) is 5.22. The van der Waals surface area contributed by atoms with Crippen molar-refractivity contribution in [2.75, 3.05) is 0 Å². The lowest BCUT2D eigenvalue weighted by molar-refractivity contribution is -0.147. The highest BCUT2D eigenvalue weighted by Crippen LogP contribution is 2.34. The third-order valence-electron chi connectivity index (χ3n) is 3.64. The van der Waals surface area contributed by atoms with Gasteiger partial charge in [-0.25, -0.2) is 12.8 Å². The van der Waals surface area contributed by atoms with Gasteiger partial charge in [-0.1, -0.05) is 0 Å². The quantitative estimate of drug-likeness (QED) is 0.887. The Kier molecular flexibility index (Phi) is 3.60. The first-order chi connectivity index (χ1) is 9.18. The Balaban J connectivity index is 2.44. The molecule has 5 nitrogen and oxygen atoms in total. The highest BCUT2D eigenvalue weighted by Gasteiger charge is 2.48. The number of aryl methyl sites for hydroxylation is 2. The zero-order chi connectivity index (χ0) is 15.1. The van der Waals surface area contributed by atoms with E-state index >= 15 is 0 Å². The van der Waals surface area contributed by atoms with Gasteiger partial charge in [-0.15, -0.1) is 0 Å². The molecule has 1 aliphatic carbocycles. The van der Waals surface area contributed by atoms with E-state index in [-0.39, 0.29) is 28.9 Å². The van der Waals surface area contributed by atoms with E-state index in [1.807, 2.05) is 0 Å². The van der Waals surface area contributed by atoms with Crippen molar-refractivity contribution in [1.82, 2.24) is 4.72 Å². The maximum Gasteiger partial charge on any atom is 0.324 e. The molecule has 1 aromatic rings. The van der Waals surface area contributed by atoms with Crippen LogP contribution in [-0.4, -0.2) is 25.0 Å². The maximum atomic E-state index is 13.2. The predicted molar refractivity (Wildman–Crippen MR) is 70.4 cm³/mol. The van der Waals surface area contributed by atoms with E-state index in [0.29, 0.717) is 6.42 Å². The Morgan fingerprint density at radius 1 is 1.30 bits per heavy atom. The molecule has 0 unspecified atom stereocenters. The fourth-order valence-corrected chi connectivity index (χ4v) is 4.39. The van der Waals surface area contributed by atoms with Gasteiger partial charge in [-0.2, -0.15) is 4.72 Å². The Hall–Kier alpha value is -1.47. The molecule has 0 atom stereocenters. The third kappa shape index (κ3) is 2.43. The topological polar surface area (TPSA) is 83.5 Å². The monoisotopic (exact) mass is 301 g/mol. The molecule has 0 heterocycles. The highest BCUT2D eigenvalue weighted by molar-refractivity contribution is 7.89. The molecule has 0 radical (unpaired) electrons. The molecule has 0 amide bonds. The van der Waals surface area contributed by atoms with Gasteiger partial charge in [-0.3, -0.25) is 4.79 Å². The maximum absolute atomic E-state index is 13.2. The summed E-state index contributed by atoms with van der Waals surface area (Å²) in [6, 6.07) is 2.24. The van der Waals surface area contributed by atoms with Crippen LogP contribution in [0.1, 0.15) is 30.4 Å². The number of sulfonamides is 1. The summed E-state index contributed by atoms with van der Waals surface area (Å²) in [4.78, 5) is 11.2. The standard InChI is InChI=1S/C13H16FNO4S/c1-8-6-10(14)7-9(2)11(8)20(18,19)15-13(12(16)17)4-3-5-13/h6-7,15H,3-5H2,1-2H3,(H,16,17). The van der Waals surface area contributed by atoms with Crippen LogP contribution in [0.25, 0.3) is 0 Å². The first kappa shape index (κ1) is 14.9. The van der Waals surface area contributed by atoms with Crippen LogP contribution in [0.3, 0.4) is 0 Å². The number of benzene rings is 1. The number of halogens is 1. The lowest BCUT2D eigenvalue weighted by atomic mass is 9.78. The fraction of sp³-hybridized carbons (Fsp3) is 0.462. The summed E-state index contributed by atoms with van der Waals surface area (Å²) in [6.07, 6.45) is 1.19. The van der Waals surface area contributed by atoms with Crippen molar-refractivity contribution in [2.24, 2.45) is 0 Å². The minimum atomic E-state index is -4.00. The Bertz CT molecular complexity index is 642. The summed E-state index contributed by atoms with van der Waals surface area (Å²) in [5.74, 6) is -1.69. The second kappa shape index (κ2) is 4.82. The smallest absolute Gasteiger partial charge is 0.324 e. The average molecular weight is 301 g/mol. The van der Waals surface area contributed by atoms with Gasteiger partial charge >= 0.3 is 5.97 Å². The van der Waals surface area contributed by atoms with Crippen LogP contribution < -0.4 is 4.72 Å². The molecule has 1 aliphatic rings. The van der Waals surface area contributed by atoms with E-state index < -0.39 is 27.3 Å². The Labute approximate surface area is 116 Å². The summed E-state index contributed by atoms with van der Waals surface area (Å²) in [6.45, 7) is 2.97. The molecule has 7 heteroatoms. The normalized spacial score (nSPS) is 17.6. The van der Waals surface area contributed by atoms with Gasteiger partial charge in [-0.05, 0) is 56.4 Å². The molecule has 2 N–H and O–H groups in total. The summed E-state index contributed by atoms with van der Waals surface area (Å²) < 4.78 is 40.3. The van der Waals surface area contributed by atoms with E-state index in [2.05, 4.69) is 4.72 Å². The van der Waals surface area contributed by atoms with E-state index in [4.69, 9.17) is 0 Å². The SMILES string of the molecule is Cc1cc(F)cc(C)c1S(=O)(=O)NC1(C(=O)O)CCC1. The van der Waals surface area contributed by atoms with Crippen molar-refractivity contribution in [1.29, 1.82) is 0 Å². The Morgan fingerprint density at radius 2 is 1.80 bits per heavy atom. The van der Waals surface area contributed by atoms with Crippen LogP contribution in [0.5, 0.6) is 0 Å². The number of nitrogens with one attached hydrogen (secondary N) is 1. The van der Waals surface area contributed by atoms with Gasteiger partial charge in [0.1, 0.15) is 11.4 Å². The molecule has 0 aromatic heterocycles. The van der Waals surface area contributed by atoms with E-state index in [0.717, 1.165) is 12.1 Å². The first-order valence-corrected chi connectivity index (χ1v) is 7.70. The molecule has 1 aromatic carbocycles. The van der Waals surface area contributed by atoms with Gasteiger partial charge in [0.25, 0.3) is 0 Å². The molecule has 0 spiro atoms. The molecule has 0 aliphatic heterocycles. The molecule has 110 valence electrons. The van der Waals surface area contributed by atoms with Gasteiger partial charge < -0.3 is 5.11 Å². The largest absolute Gasteiger partial charge is 0.480 e. The molecule has 0 saturated heterocycles. The first-order valence-electron chi connectivity index (χ1n) is 6.22. The van der Waals surface area contributed by atoms with Crippen LogP contribution in [0.2, 0.25) is 0 Å². The van der Waals surface area contributed by atoms with Gasteiger partial charge in [0.2, 0.25) is 10.0 Å². The number of hydrogen-bond acceptors (Lipinski definition) is 3. The summed E-state index contributed by atoms with van der Waals surface area (Å²) in [5, 5.41) is 9.19. The fourth-order valence-electron chi connectivity index (χ4n) is 2.52. The molecule has 1 saturated carbocycles. The average Bonchev–Trinajstić information content (AvgIpc) is 2.20. The lowest BCUT2D eigenvalue weighted by Crippen LogP contribution is -2.59. The zero-order valence-electron chi connectivity index (χ0n) is 11.2. The summed E-state index contributed by atoms with van der Waals surface area (Å²) in [7, 11) is -4.00. The van der Waals surface area contributed by atoms with E-state index in [9.17, 15) is 22.7 Å². The van der Waals surface area contributed by atoms with Crippen LogP contribution in [-0.2, 0) is 14.8 Å². The summed E-state index contributed by atoms with van der Waals surface area (Å²) >= 11 is 0. The van der Waals surface area contributed by atoms with Crippen molar-refractivity contribution in [2.45, 2.75) is 43.5 Å². The van der Waals surface area contributed by atoms with Crippen LogP contribution in [0, 0.1) is 19.7 Å². The third-order valence-corrected chi connectivity index (χ3v) is 5.48. The molecular weight excluding hydrogens is 285 g/mol. The van der Waals surface area contributed by atoms with Crippen molar-refractivity contribution in [3.63, 3.8) is 0 Å². The van der Waals surface area contributed by atoms with Crippen molar-refractivity contribution in [3.05, 3.63) is 29.1 Å². The molecule has 0 bridgehead atoms. The number of aliphatic carboxylic acids is 1. The van der Waals surface area contributed by atoms with E-state index in [1.165, 1.54) is 13.8 Å².